The summed E-state index contributed by atoms with van der Waals surface area (Å²) in [6.45, 7) is 6.34. The molecule has 7 heteroatoms. The molecule has 2 saturated carbocycles. The van der Waals surface area contributed by atoms with Crippen molar-refractivity contribution < 1.29 is 18.3 Å². The molecule has 4 nitrogen and oxygen atoms in total. The van der Waals surface area contributed by atoms with E-state index in [1.54, 1.807) is 11.6 Å². The van der Waals surface area contributed by atoms with Gasteiger partial charge < -0.3 is 4.74 Å². The number of halogens is 3. The summed E-state index contributed by atoms with van der Waals surface area (Å²) in [5, 5.41) is 4.60. The van der Waals surface area contributed by atoms with Gasteiger partial charge >= 0.3 is 5.97 Å². The highest BCUT2D eigenvalue weighted by Crippen LogP contribution is 2.53. The maximum atomic E-state index is 13.3. The van der Waals surface area contributed by atoms with Gasteiger partial charge in [-0.05, 0) is 47.3 Å². The minimum atomic E-state index is -2.59. The zero-order valence-electron chi connectivity index (χ0n) is 13.5. The van der Waals surface area contributed by atoms with Crippen LogP contribution in [-0.4, -0.2) is 28.3 Å². The smallest absolute Gasteiger partial charge is 0.357 e. The number of ether oxygens (including phenoxy) is 1. The van der Waals surface area contributed by atoms with Gasteiger partial charge in [0, 0.05) is 25.3 Å². The van der Waals surface area contributed by atoms with E-state index in [1.165, 1.54) is 0 Å². The van der Waals surface area contributed by atoms with Crippen LogP contribution in [0.1, 0.15) is 62.1 Å². The minimum Gasteiger partial charge on any atom is -0.461 e. The minimum absolute atomic E-state index is 0.159. The lowest BCUT2D eigenvalue weighted by Crippen LogP contribution is -2.47. The number of hydrogen-bond donors (Lipinski definition) is 0. The van der Waals surface area contributed by atoms with Crippen LogP contribution >= 0.6 is 22.6 Å². The molecule has 1 aromatic rings. The summed E-state index contributed by atoms with van der Waals surface area (Å²) in [7, 11) is 0. The van der Waals surface area contributed by atoms with Crippen molar-refractivity contribution in [2.45, 2.75) is 58.4 Å². The summed E-state index contributed by atoms with van der Waals surface area (Å²) in [4.78, 5) is 12.3. The highest BCUT2D eigenvalue weighted by Gasteiger charge is 2.54. The average molecular weight is 438 g/mol. The maximum absolute atomic E-state index is 13.3. The second-order valence-corrected chi connectivity index (χ2v) is 8.34. The second kappa shape index (κ2) is 5.67. The molecule has 0 radical (unpaired) electrons. The van der Waals surface area contributed by atoms with Crippen molar-refractivity contribution >= 4 is 28.6 Å². The number of carbonyl (C=O) groups is 1. The van der Waals surface area contributed by atoms with E-state index in [9.17, 15) is 13.6 Å². The molecule has 2 fully saturated rings. The van der Waals surface area contributed by atoms with E-state index in [1.807, 2.05) is 6.92 Å². The topological polar surface area (TPSA) is 44.1 Å². The van der Waals surface area contributed by atoms with Gasteiger partial charge in [0.15, 0.2) is 5.69 Å². The SMILES string of the molecule is CCOC(=O)c1c(I)c([C@H]2C[C@@H]2C)nn1CC1(C)CC(F)(F)C1. The normalized spacial score (nSPS) is 27.4. The molecule has 0 spiro atoms. The molecule has 2 aliphatic rings. The summed E-state index contributed by atoms with van der Waals surface area (Å²) in [6, 6.07) is 0. The number of alkyl halides is 2. The summed E-state index contributed by atoms with van der Waals surface area (Å²) in [5.41, 5.74) is 0.806. The fourth-order valence-corrected chi connectivity index (χ4v) is 4.58. The molecule has 2 atom stereocenters. The number of nitrogens with zero attached hydrogens (tertiary/aromatic N) is 2. The van der Waals surface area contributed by atoms with Crippen LogP contribution in [-0.2, 0) is 11.3 Å². The largest absolute Gasteiger partial charge is 0.461 e. The van der Waals surface area contributed by atoms with Crippen LogP contribution in [0.3, 0.4) is 0 Å². The molecule has 0 saturated heterocycles. The van der Waals surface area contributed by atoms with Gasteiger partial charge in [-0.3, -0.25) is 4.68 Å². The Hall–Kier alpha value is -0.730. The van der Waals surface area contributed by atoms with Crippen molar-refractivity contribution in [3.8, 4) is 0 Å². The Morgan fingerprint density at radius 3 is 2.57 bits per heavy atom. The zero-order valence-corrected chi connectivity index (χ0v) is 15.7. The van der Waals surface area contributed by atoms with Crippen molar-refractivity contribution in [1.29, 1.82) is 0 Å². The Kier molecular flexibility index (Phi) is 4.21. The Bertz CT molecular complexity index is 636. The molecular formula is C16H21F2IN2O2. The van der Waals surface area contributed by atoms with Crippen molar-refractivity contribution in [2.24, 2.45) is 11.3 Å². The predicted octanol–water partition coefficient (Wildman–Crippen LogP) is 4.22. The van der Waals surface area contributed by atoms with Crippen LogP contribution in [0.5, 0.6) is 0 Å². The van der Waals surface area contributed by atoms with Gasteiger partial charge in [-0.25, -0.2) is 13.6 Å². The Morgan fingerprint density at radius 1 is 1.48 bits per heavy atom. The third-order valence-electron chi connectivity index (χ3n) is 4.75. The van der Waals surface area contributed by atoms with Crippen LogP contribution in [0.2, 0.25) is 0 Å². The first-order chi connectivity index (χ1) is 10.7. The highest BCUT2D eigenvalue weighted by atomic mass is 127. The standard InChI is InChI=1S/C16H21F2IN2O2/c1-4-23-14(22)13-11(19)12(10-5-9(10)2)20-21(13)8-15(3)6-16(17,18)7-15/h9-10H,4-8H2,1-3H3/t9-,10-/m0/s1. The predicted molar refractivity (Wildman–Crippen MR) is 89.7 cm³/mol. The molecule has 128 valence electrons. The number of hydrogen-bond acceptors (Lipinski definition) is 3. The molecule has 0 aromatic carbocycles. The Morgan fingerprint density at radius 2 is 2.09 bits per heavy atom. The van der Waals surface area contributed by atoms with Crippen molar-refractivity contribution in [1.82, 2.24) is 9.78 Å². The van der Waals surface area contributed by atoms with Gasteiger partial charge in [0.25, 0.3) is 0 Å². The monoisotopic (exact) mass is 438 g/mol. The van der Waals surface area contributed by atoms with Crippen molar-refractivity contribution in [2.75, 3.05) is 6.61 Å². The summed E-state index contributed by atoms with van der Waals surface area (Å²) in [6.07, 6.45) is 0.742. The highest BCUT2D eigenvalue weighted by molar-refractivity contribution is 14.1. The fourth-order valence-electron chi connectivity index (χ4n) is 3.58. The summed E-state index contributed by atoms with van der Waals surface area (Å²) < 4.78 is 34.1. The third kappa shape index (κ3) is 3.25. The van der Waals surface area contributed by atoms with Crippen LogP contribution in [0, 0.1) is 14.9 Å². The molecule has 0 aliphatic heterocycles. The first-order valence-electron chi connectivity index (χ1n) is 7.97. The third-order valence-corrected chi connectivity index (χ3v) is 5.81. The molecule has 23 heavy (non-hydrogen) atoms. The van der Waals surface area contributed by atoms with E-state index in [0.29, 0.717) is 24.1 Å². The van der Waals surface area contributed by atoms with Gasteiger partial charge in [-0.15, -0.1) is 0 Å². The van der Waals surface area contributed by atoms with E-state index < -0.39 is 17.3 Å². The molecule has 0 bridgehead atoms. The van der Waals surface area contributed by atoms with Crippen LogP contribution < -0.4 is 0 Å². The van der Waals surface area contributed by atoms with Gasteiger partial charge in [-0.1, -0.05) is 13.8 Å². The van der Waals surface area contributed by atoms with Gasteiger partial charge in [0.05, 0.1) is 15.9 Å². The van der Waals surface area contributed by atoms with Crippen molar-refractivity contribution in [3.05, 3.63) is 15.0 Å². The Labute approximate surface area is 148 Å². The molecule has 1 heterocycles. The first kappa shape index (κ1) is 17.1. The summed E-state index contributed by atoms with van der Waals surface area (Å²) in [5.74, 6) is -2.08. The van der Waals surface area contributed by atoms with E-state index in [2.05, 4.69) is 34.6 Å². The van der Waals surface area contributed by atoms with E-state index in [-0.39, 0.29) is 19.4 Å². The molecule has 2 aliphatic carbocycles. The Balaban J connectivity index is 1.90. The average Bonchev–Trinajstić information content (AvgIpc) is 3.01. The van der Waals surface area contributed by atoms with Crippen LogP contribution in [0.25, 0.3) is 0 Å². The van der Waals surface area contributed by atoms with Gasteiger partial charge in [0.1, 0.15) is 0 Å². The molecular weight excluding hydrogens is 417 g/mol. The maximum Gasteiger partial charge on any atom is 0.357 e. The number of rotatable bonds is 5. The first-order valence-corrected chi connectivity index (χ1v) is 9.05. The second-order valence-electron chi connectivity index (χ2n) is 7.27. The van der Waals surface area contributed by atoms with E-state index in [0.717, 1.165) is 15.7 Å². The lowest BCUT2D eigenvalue weighted by molar-refractivity contribution is -0.160. The fraction of sp³-hybridized carbons (Fsp3) is 0.750. The summed E-state index contributed by atoms with van der Waals surface area (Å²) >= 11 is 2.14. The van der Waals surface area contributed by atoms with Gasteiger partial charge in [0.2, 0.25) is 5.92 Å². The lowest BCUT2D eigenvalue weighted by atomic mass is 9.67. The van der Waals surface area contributed by atoms with Crippen LogP contribution in [0.4, 0.5) is 8.78 Å². The molecule has 0 unspecified atom stereocenters. The van der Waals surface area contributed by atoms with E-state index >= 15 is 0 Å². The van der Waals surface area contributed by atoms with Gasteiger partial charge in [-0.2, -0.15) is 5.10 Å². The zero-order chi connectivity index (χ0) is 17.0. The molecule has 3 rings (SSSR count). The number of carbonyl (C=O) groups excluding carboxylic acids is 1. The quantitative estimate of drug-likeness (QED) is 0.511. The number of aromatic nitrogens is 2. The molecule has 0 amide bonds. The van der Waals surface area contributed by atoms with E-state index in [4.69, 9.17) is 4.74 Å². The molecule has 1 aromatic heterocycles. The lowest BCUT2D eigenvalue weighted by Gasteiger charge is -2.44. The number of esters is 1. The molecule has 0 N–H and O–H groups in total. The van der Waals surface area contributed by atoms with Crippen molar-refractivity contribution in [3.63, 3.8) is 0 Å². The van der Waals surface area contributed by atoms with Crippen LogP contribution in [0.15, 0.2) is 0 Å².